The number of aryl methyl sites for hydroxylation is 1. The molecule has 1 aromatic heterocycles. The Bertz CT molecular complexity index is 538. The Balaban J connectivity index is 2.22. The Morgan fingerprint density at radius 1 is 1.22 bits per heavy atom. The van der Waals surface area contributed by atoms with Crippen molar-refractivity contribution in [2.45, 2.75) is 6.42 Å². The van der Waals surface area contributed by atoms with Gasteiger partial charge in [0.1, 0.15) is 5.82 Å². The van der Waals surface area contributed by atoms with E-state index in [0.717, 1.165) is 12.1 Å². The molecule has 0 amide bonds. The summed E-state index contributed by atoms with van der Waals surface area (Å²) in [6, 6.07) is 2.38. The number of alkyl halides is 1. The Hall–Kier alpha value is -1.04. The molecular formula is C10H7Cl3FN3O. The monoisotopic (exact) mass is 309 g/mol. The minimum absolute atomic E-state index is 0.116. The van der Waals surface area contributed by atoms with Gasteiger partial charge in [0.25, 0.3) is 0 Å². The van der Waals surface area contributed by atoms with Crippen molar-refractivity contribution in [1.29, 1.82) is 0 Å². The summed E-state index contributed by atoms with van der Waals surface area (Å²) < 4.78 is 18.2. The summed E-state index contributed by atoms with van der Waals surface area (Å²) in [6.07, 6.45) is 0.459. The minimum atomic E-state index is -0.524. The predicted octanol–water partition coefficient (Wildman–Crippen LogP) is 4.04. The van der Waals surface area contributed by atoms with Gasteiger partial charge in [0, 0.05) is 12.3 Å². The quantitative estimate of drug-likeness (QED) is 0.866. The van der Waals surface area contributed by atoms with Gasteiger partial charge in [0.2, 0.25) is 5.89 Å². The summed E-state index contributed by atoms with van der Waals surface area (Å²) in [5, 5.41) is 10.5. The van der Waals surface area contributed by atoms with Crippen LogP contribution in [-0.4, -0.2) is 16.1 Å². The normalized spacial score (nSPS) is 10.7. The maximum atomic E-state index is 13.0. The Morgan fingerprint density at radius 2 is 1.89 bits per heavy atom. The Kier molecular flexibility index (Phi) is 4.27. The van der Waals surface area contributed by atoms with Gasteiger partial charge in [-0.15, -0.1) is 16.7 Å². The number of rotatable bonds is 4. The van der Waals surface area contributed by atoms with Crippen LogP contribution in [0.5, 0.6) is 0 Å². The van der Waals surface area contributed by atoms with Crippen molar-refractivity contribution in [2.24, 2.45) is 0 Å². The lowest BCUT2D eigenvalue weighted by atomic mass is 10.3. The lowest BCUT2D eigenvalue weighted by Crippen LogP contribution is -1.93. The topological polar surface area (TPSA) is 51.0 Å². The first-order valence-electron chi connectivity index (χ1n) is 4.90. The average Bonchev–Trinajstić information content (AvgIpc) is 2.72. The smallest absolute Gasteiger partial charge is 0.320 e. The van der Waals surface area contributed by atoms with Gasteiger partial charge < -0.3 is 9.73 Å². The number of nitrogens with one attached hydrogen (secondary N) is 1. The van der Waals surface area contributed by atoms with Crippen molar-refractivity contribution in [3.63, 3.8) is 0 Å². The van der Waals surface area contributed by atoms with E-state index in [-0.39, 0.29) is 16.1 Å². The van der Waals surface area contributed by atoms with Crippen molar-refractivity contribution in [1.82, 2.24) is 10.2 Å². The molecule has 0 aliphatic carbocycles. The van der Waals surface area contributed by atoms with Crippen LogP contribution in [0, 0.1) is 5.82 Å². The molecule has 1 heterocycles. The molecule has 18 heavy (non-hydrogen) atoms. The fourth-order valence-corrected chi connectivity index (χ4v) is 1.97. The zero-order chi connectivity index (χ0) is 13.1. The van der Waals surface area contributed by atoms with E-state index in [4.69, 9.17) is 39.2 Å². The maximum Gasteiger partial charge on any atom is 0.320 e. The van der Waals surface area contributed by atoms with Crippen LogP contribution in [0.15, 0.2) is 16.5 Å². The average molecular weight is 311 g/mol. The van der Waals surface area contributed by atoms with Crippen LogP contribution in [0.25, 0.3) is 0 Å². The van der Waals surface area contributed by atoms with E-state index in [1.54, 1.807) is 0 Å². The van der Waals surface area contributed by atoms with Crippen LogP contribution >= 0.6 is 34.8 Å². The zero-order valence-corrected chi connectivity index (χ0v) is 11.2. The summed E-state index contributed by atoms with van der Waals surface area (Å²) in [4.78, 5) is 0. The van der Waals surface area contributed by atoms with E-state index in [9.17, 15) is 4.39 Å². The van der Waals surface area contributed by atoms with E-state index in [1.165, 1.54) is 0 Å². The van der Waals surface area contributed by atoms with E-state index in [0.29, 0.717) is 23.9 Å². The zero-order valence-electron chi connectivity index (χ0n) is 8.88. The van der Waals surface area contributed by atoms with Gasteiger partial charge in [0.05, 0.1) is 15.7 Å². The molecule has 0 bridgehead atoms. The van der Waals surface area contributed by atoms with Crippen molar-refractivity contribution in [3.8, 4) is 0 Å². The number of benzene rings is 1. The van der Waals surface area contributed by atoms with Crippen LogP contribution in [0.4, 0.5) is 16.1 Å². The largest absolute Gasteiger partial charge is 0.408 e. The summed E-state index contributed by atoms with van der Waals surface area (Å²) in [5.41, 5.74) is 0.306. The number of halogens is 4. The van der Waals surface area contributed by atoms with Gasteiger partial charge in [-0.3, -0.25) is 0 Å². The molecule has 2 rings (SSSR count). The number of anilines is 2. The second-order valence-electron chi connectivity index (χ2n) is 3.31. The first-order chi connectivity index (χ1) is 8.60. The van der Waals surface area contributed by atoms with Gasteiger partial charge in [-0.25, -0.2) is 4.39 Å². The molecule has 96 valence electrons. The summed E-state index contributed by atoms with van der Waals surface area (Å²) in [5.74, 6) is 0.241. The SMILES string of the molecule is Fc1cc(Cl)c(Nc2nnc(CCCl)o2)c(Cl)c1. The van der Waals surface area contributed by atoms with Gasteiger partial charge in [-0.1, -0.05) is 28.3 Å². The number of nitrogens with zero attached hydrogens (tertiary/aromatic N) is 2. The molecule has 0 aliphatic heterocycles. The first-order valence-corrected chi connectivity index (χ1v) is 6.19. The number of hydrogen-bond donors (Lipinski definition) is 1. The molecule has 0 saturated carbocycles. The van der Waals surface area contributed by atoms with Crippen LogP contribution in [0.2, 0.25) is 10.0 Å². The van der Waals surface area contributed by atoms with Crippen molar-refractivity contribution in [2.75, 3.05) is 11.2 Å². The standard InChI is InChI=1S/C10H7Cl3FN3O/c11-2-1-8-16-17-10(18-8)15-9-6(12)3-5(14)4-7(9)13/h3-4H,1-2H2,(H,15,17). The molecular weight excluding hydrogens is 303 g/mol. The van der Waals surface area contributed by atoms with Crippen LogP contribution < -0.4 is 5.32 Å². The predicted molar refractivity (Wildman–Crippen MR) is 68.4 cm³/mol. The van der Waals surface area contributed by atoms with Crippen molar-refractivity contribution in [3.05, 3.63) is 33.9 Å². The second kappa shape index (κ2) is 5.73. The molecule has 0 spiro atoms. The van der Waals surface area contributed by atoms with Gasteiger partial charge >= 0.3 is 6.01 Å². The van der Waals surface area contributed by atoms with E-state index in [2.05, 4.69) is 15.5 Å². The number of aromatic nitrogens is 2. The van der Waals surface area contributed by atoms with Crippen molar-refractivity contribution >= 4 is 46.5 Å². The lowest BCUT2D eigenvalue weighted by molar-refractivity contribution is 0.516. The van der Waals surface area contributed by atoms with Crippen molar-refractivity contribution < 1.29 is 8.81 Å². The van der Waals surface area contributed by atoms with Gasteiger partial charge in [-0.2, -0.15) is 0 Å². The Morgan fingerprint density at radius 3 is 2.50 bits per heavy atom. The summed E-state index contributed by atoms with van der Waals surface area (Å²) >= 11 is 17.3. The molecule has 0 radical (unpaired) electrons. The third-order valence-electron chi connectivity index (χ3n) is 2.01. The highest BCUT2D eigenvalue weighted by Crippen LogP contribution is 2.33. The molecule has 0 unspecified atom stereocenters. The fraction of sp³-hybridized carbons (Fsp3) is 0.200. The summed E-state index contributed by atoms with van der Waals surface area (Å²) in [7, 11) is 0. The van der Waals surface area contributed by atoms with Gasteiger partial charge in [-0.05, 0) is 12.1 Å². The molecule has 1 N–H and O–H groups in total. The maximum absolute atomic E-state index is 13.0. The molecule has 2 aromatic rings. The molecule has 4 nitrogen and oxygen atoms in total. The highest BCUT2D eigenvalue weighted by Gasteiger charge is 2.12. The second-order valence-corrected chi connectivity index (χ2v) is 4.50. The Labute approximate surface area is 117 Å². The fourth-order valence-electron chi connectivity index (χ4n) is 1.25. The lowest BCUT2D eigenvalue weighted by Gasteiger charge is -2.06. The third-order valence-corrected chi connectivity index (χ3v) is 2.80. The molecule has 8 heteroatoms. The van der Waals surface area contributed by atoms with E-state index >= 15 is 0 Å². The minimum Gasteiger partial charge on any atom is -0.408 e. The van der Waals surface area contributed by atoms with Gasteiger partial charge in [0.15, 0.2) is 0 Å². The molecule has 0 fully saturated rings. The first kappa shape index (κ1) is 13.4. The number of hydrogen-bond acceptors (Lipinski definition) is 4. The third kappa shape index (κ3) is 3.04. The molecule has 1 aromatic carbocycles. The molecule has 0 aliphatic rings. The molecule has 0 saturated heterocycles. The highest BCUT2D eigenvalue weighted by atomic mass is 35.5. The van der Waals surface area contributed by atoms with Crippen LogP contribution in [0.3, 0.4) is 0 Å². The summed E-state index contributed by atoms with van der Waals surface area (Å²) in [6.45, 7) is 0. The molecule has 0 atom stereocenters. The van der Waals surface area contributed by atoms with E-state index in [1.807, 2.05) is 0 Å². The highest BCUT2D eigenvalue weighted by molar-refractivity contribution is 6.39. The van der Waals surface area contributed by atoms with Crippen LogP contribution in [-0.2, 0) is 6.42 Å². The van der Waals surface area contributed by atoms with Crippen LogP contribution in [0.1, 0.15) is 5.89 Å². The van der Waals surface area contributed by atoms with E-state index < -0.39 is 5.82 Å².